The van der Waals surface area contributed by atoms with Crippen LogP contribution in [0.15, 0.2) is 72.0 Å². The first-order valence-electron chi connectivity index (χ1n) is 15.0. The van der Waals surface area contributed by atoms with Crippen molar-refractivity contribution < 1.29 is 46.7 Å². The van der Waals surface area contributed by atoms with E-state index in [2.05, 4.69) is 14.8 Å². The highest BCUT2D eigenvalue weighted by Gasteiger charge is 2.42. The monoisotopic (exact) mass is 756 g/mol. The lowest BCUT2D eigenvalue weighted by Crippen LogP contribution is -2.40. The Kier molecular flexibility index (Phi) is 11.7. The maximum absolute atomic E-state index is 13.9. The molecule has 2 fully saturated rings. The van der Waals surface area contributed by atoms with Gasteiger partial charge in [-0.2, -0.15) is 18.2 Å². The lowest BCUT2D eigenvalue weighted by Gasteiger charge is -2.26. The number of pyridine rings is 1. The van der Waals surface area contributed by atoms with Gasteiger partial charge in [0.1, 0.15) is 16.1 Å². The fraction of sp³-hybridized carbons (Fsp3) is 0.344. The molecular formula is C32H32Cl2F2N4O7S2. The Morgan fingerprint density at radius 2 is 1.80 bits per heavy atom. The van der Waals surface area contributed by atoms with Crippen molar-refractivity contribution >= 4 is 51.0 Å². The van der Waals surface area contributed by atoms with E-state index in [1.54, 1.807) is 30.1 Å². The first kappa shape index (κ1) is 36.8. The van der Waals surface area contributed by atoms with Crippen LogP contribution in [0, 0.1) is 5.92 Å². The molecule has 0 unspecified atom stereocenters. The quantitative estimate of drug-likeness (QED) is 0.150. The molecule has 0 spiro atoms. The summed E-state index contributed by atoms with van der Waals surface area (Å²) in [6, 6.07) is 12.4. The highest BCUT2D eigenvalue weighted by atomic mass is 35.5. The van der Waals surface area contributed by atoms with Crippen molar-refractivity contribution in [2.45, 2.75) is 42.2 Å². The third kappa shape index (κ3) is 8.64. The molecule has 17 heteroatoms. The summed E-state index contributed by atoms with van der Waals surface area (Å²) in [5.74, 6) is -0.228. The van der Waals surface area contributed by atoms with Crippen molar-refractivity contribution in [1.29, 1.82) is 0 Å². The summed E-state index contributed by atoms with van der Waals surface area (Å²) < 4.78 is 73.3. The minimum Gasteiger partial charge on any atom is -0.870 e. The van der Waals surface area contributed by atoms with Crippen LogP contribution in [0.3, 0.4) is 0 Å². The Morgan fingerprint density at radius 3 is 2.43 bits per heavy atom. The lowest BCUT2D eigenvalue weighted by atomic mass is 10.0. The Balaban J connectivity index is 0.00000468. The van der Waals surface area contributed by atoms with Crippen molar-refractivity contribution in [3.63, 3.8) is 0 Å². The van der Waals surface area contributed by atoms with E-state index in [0.717, 1.165) is 34.5 Å². The van der Waals surface area contributed by atoms with Gasteiger partial charge >= 0.3 is 12.6 Å². The molecule has 2 aromatic heterocycles. The second kappa shape index (κ2) is 15.6. The standard InChI is InChI=1S/C32H30Cl2F2N4O6S2.H2O/c1-39-11-10-26(38-39)20-4-7-22(8-5-20)48(42,43)40-12-13-47-30(40)31(41)45-28(15-23-24(33)16-37-17-25(23)34)21-6-9-27(46-32(35)36)29(14-21)44-18-19-2-3-19;/h4-11,14,16-17,19,28,30,32H,2-3,12-13,15,18H2,1H3;1H2/t28-,30-;/m0./s1. The van der Waals surface area contributed by atoms with Gasteiger partial charge in [-0.1, -0.05) is 41.4 Å². The second-order valence-corrected chi connectivity index (χ2v) is 15.2. The molecule has 1 aliphatic carbocycles. The van der Waals surface area contributed by atoms with E-state index in [1.165, 1.54) is 42.7 Å². The van der Waals surface area contributed by atoms with Gasteiger partial charge < -0.3 is 19.7 Å². The Labute approximate surface area is 295 Å². The fourth-order valence-corrected chi connectivity index (χ4v) is 8.77. The molecule has 0 amide bonds. The average Bonchev–Trinajstić information content (AvgIpc) is 3.55. The predicted molar refractivity (Wildman–Crippen MR) is 178 cm³/mol. The molecule has 4 aromatic rings. The molecule has 0 bridgehead atoms. The van der Waals surface area contributed by atoms with Crippen LogP contribution in [0.2, 0.25) is 10.0 Å². The van der Waals surface area contributed by atoms with Crippen molar-refractivity contribution in [2.24, 2.45) is 13.0 Å². The Bertz CT molecular complexity index is 1880. The number of carbonyl (C=O) groups excluding carboxylic acids is 1. The largest absolute Gasteiger partial charge is 0.870 e. The number of halogens is 4. The number of alkyl halides is 2. The summed E-state index contributed by atoms with van der Waals surface area (Å²) in [6.07, 6.45) is 5.71. The molecule has 262 valence electrons. The van der Waals surface area contributed by atoms with Crippen molar-refractivity contribution in [3.05, 3.63) is 88.3 Å². The van der Waals surface area contributed by atoms with Crippen LogP contribution in [-0.4, -0.2) is 64.8 Å². The van der Waals surface area contributed by atoms with Gasteiger partial charge in [-0.15, -0.1) is 11.8 Å². The molecule has 6 rings (SSSR count). The number of nitrogens with zero attached hydrogens (tertiary/aromatic N) is 3. The van der Waals surface area contributed by atoms with E-state index >= 15 is 0 Å². The first-order valence-corrected chi connectivity index (χ1v) is 18.2. The maximum Gasteiger partial charge on any atom is 0.387 e. The van der Waals surface area contributed by atoms with E-state index < -0.39 is 34.1 Å². The van der Waals surface area contributed by atoms with E-state index in [-0.39, 0.29) is 44.9 Å². The number of hydrogen-bond acceptors (Lipinski definition) is 9. The van der Waals surface area contributed by atoms with Gasteiger partial charge in [0.25, 0.3) is 0 Å². The molecule has 0 radical (unpaired) electrons. The number of carbonyl (C=O) groups is 1. The van der Waals surface area contributed by atoms with Crippen LogP contribution < -0.4 is 14.5 Å². The maximum atomic E-state index is 13.9. The van der Waals surface area contributed by atoms with Gasteiger partial charge in [-0.05, 0) is 54.7 Å². The fourth-order valence-electron chi connectivity index (χ4n) is 5.19. The Morgan fingerprint density at radius 1 is 1.08 bits per heavy atom. The minimum atomic E-state index is -4.10. The third-order valence-corrected chi connectivity index (χ3v) is 11.8. The Hall–Kier alpha value is -3.47. The predicted octanol–water partition coefficient (Wildman–Crippen LogP) is 6.01. The number of esters is 1. The summed E-state index contributed by atoms with van der Waals surface area (Å²) in [6.45, 7) is -2.68. The van der Waals surface area contributed by atoms with Crippen LogP contribution in [0.25, 0.3) is 11.3 Å². The van der Waals surface area contributed by atoms with E-state index in [4.69, 9.17) is 32.7 Å². The van der Waals surface area contributed by atoms with Crippen LogP contribution in [-0.2, 0) is 33.0 Å². The molecule has 49 heavy (non-hydrogen) atoms. The van der Waals surface area contributed by atoms with Gasteiger partial charge in [0.2, 0.25) is 10.0 Å². The molecule has 2 atom stereocenters. The van der Waals surface area contributed by atoms with Crippen LogP contribution in [0.1, 0.15) is 30.1 Å². The summed E-state index contributed by atoms with van der Waals surface area (Å²) in [5.41, 5.74) is 2.28. The number of aryl methyl sites for hydroxylation is 1. The SMILES string of the molecule is Cn1ccc(-c2ccc(S(=O)(=O)N3CCS[C@H]3C(=O)O[C@@H](Cc3c(Cl)c[nH+]cc3Cl)c3ccc(OC(F)F)c(OCC4CC4)c3)cc2)n1.[OH-]. The molecule has 2 N–H and O–H groups in total. The summed E-state index contributed by atoms with van der Waals surface area (Å²) in [7, 11) is -2.31. The highest BCUT2D eigenvalue weighted by Crippen LogP contribution is 2.39. The minimum absolute atomic E-state index is 0. The molecule has 11 nitrogen and oxygen atoms in total. The van der Waals surface area contributed by atoms with Crippen LogP contribution in [0.4, 0.5) is 8.78 Å². The number of sulfonamides is 1. The van der Waals surface area contributed by atoms with E-state index in [9.17, 15) is 22.0 Å². The lowest BCUT2D eigenvalue weighted by molar-refractivity contribution is -0.377. The number of aromatic nitrogens is 3. The summed E-state index contributed by atoms with van der Waals surface area (Å²) >= 11 is 14.0. The molecule has 3 heterocycles. The highest BCUT2D eigenvalue weighted by molar-refractivity contribution is 8.02. The molecular weight excluding hydrogens is 725 g/mol. The van der Waals surface area contributed by atoms with Crippen LogP contribution >= 0.6 is 35.0 Å². The normalized spacial score (nSPS) is 17.1. The molecule has 2 aromatic carbocycles. The third-order valence-electron chi connectivity index (χ3n) is 7.89. The smallest absolute Gasteiger partial charge is 0.387 e. The van der Waals surface area contributed by atoms with Gasteiger partial charge in [-0.3, -0.25) is 4.68 Å². The number of aromatic amines is 1. The number of thioether (sulfide) groups is 1. The first-order chi connectivity index (χ1) is 23.0. The topological polar surface area (TPSA) is 144 Å². The summed E-state index contributed by atoms with van der Waals surface area (Å²) in [5, 5.41) is 3.72. The second-order valence-electron chi connectivity index (χ2n) is 11.3. The zero-order valence-electron chi connectivity index (χ0n) is 26.0. The zero-order valence-corrected chi connectivity index (χ0v) is 29.1. The van der Waals surface area contributed by atoms with E-state index in [0.29, 0.717) is 35.1 Å². The molecule has 2 aliphatic rings. The van der Waals surface area contributed by atoms with Crippen molar-refractivity contribution in [1.82, 2.24) is 14.1 Å². The zero-order chi connectivity index (χ0) is 34.0. The molecule has 1 saturated heterocycles. The number of benzene rings is 2. The van der Waals surface area contributed by atoms with E-state index in [1.807, 2.05) is 6.07 Å². The molecule has 1 aliphatic heterocycles. The van der Waals surface area contributed by atoms with Gasteiger partial charge in [-0.25, -0.2) is 18.2 Å². The number of ether oxygens (including phenoxy) is 3. The van der Waals surface area contributed by atoms with Crippen molar-refractivity contribution in [2.75, 3.05) is 18.9 Å². The van der Waals surface area contributed by atoms with Gasteiger partial charge in [0, 0.05) is 43.1 Å². The van der Waals surface area contributed by atoms with Gasteiger partial charge in [0.15, 0.2) is 29.3 Å². The molecule has 1 saturated carbocycles. The summed E-state index contributed by atoms with van der Waals surface area (Å²) in [4.78, 5) is 16.7. The average molecular weight is 758 g/mol. The van der Waals surface area contributed by atoms with Crippen molar-refractivity contribution in [3.8, 4) is 22.8 Å². The number of hydrogen-bond donors (Lipinski definition) is 0. The number of H-pyrrole nitrogens is 1. The number of nitrogens with one attached hydrogen (secondary N) is 1. The number of rotatable bonds is 13. The van der Waals surface area contributed by atoms with Gasteiger partial charge in [0.05, 0.1) is 17.2 Å². The van der Waals surface area contributed by atoms with Crippen LogP contribution in [0.5, 0.6) is 11.5 Å².